The summed E-state index contributed by atoms with van der Waals surface area (Å²) in [6.45, 7) is 0. The summed E-state index contributed by atoms with van der Waals surface area (Å²) in [7, 11) is 0. The first-order valence-corrected chi connectivity index (χ1v) is 4.07. The fourth-order valence-corrected chi connectivity index (χ4v) is 1.09. The molecule has 18 heavy (non-hydrogen) atoms. The van der Waals surface area contributed by atoms with Gasteiger partial charge in [-0.2, -0.15) is 0 Å². The Bertz CT molecular complexity index is 524. The molecule has 0 spiro atoms. The van der Waals surface area contributed by atoms with Crippen LogP contribution in [0.15, 0.2) is 10.9 Å². The standard InChI is InChI=1S/C7H3F5N2O4/c8-5(9)2-1-3(15)13-6(4(2)14(16)17)18-7(10,11)12/h1,5H,(H,13,15). The second kappa shape index (κ2) is 4.58. The van der Waals surface area contributed by atoms with Crippen molar-refractivity contribution in [1.29, 1.82) is 0 Å². The topological polar surface area (TPSA) is 85.2 Å². The van der Waals surface area contributed by atoms with E-state index in [4.69, 9.17) is 0 Å². The highest BCUT2D eigenvalue weighted by atomic mass is 19.4. The third-order valence-electron chi connectivity index (χ3n) is 1.65. The molecule has 1 heterocycles. The molecule has 1 aromatic rings. The number of ether oxygens (including phenoxy) is 1. The SMILES string of the molecule is O=c1cc(C(F)F)c([N+](=O)[O-])c(OC(F)(F)F)[nH]1. The second-order valence-electron chi connectivity index (χ2n) is 2.87. The molecule has 0 saturated heterocycles. The highest BCUT2D eigenvalue weighted by molar-refractivity contribution is 5.48. The Labute approximate surface area is 94.1 Å². The molecule has 0 atom stereocenters. The molecule has 1 rings (SSSR count). The number of nitrogens with one attached hydrogen (secondary N) is 1. The van der Waals surface area contributed by atoms with Gasteiger partial charge >= 0.3 is 12.0 Å². The van der Waals surface area contributed by atoms with Crippen LogP contribution < -0.4 is 10.3 Å². The van der Waals surface area contributed by atoms with Crippen LogP contribution in [-0.2, 0) is 0 Å². The number of nitrogens with zero attached hydrogens (tertiary/aromatic N) is 1. The van der Waals surface area contributed by atoms with Crippen LogP contribution in [0.4, 0.5) is 27.6 Å². The van der Waals surface area contributed by atoms with Crippen molar-refractivity contribution in [2.45, 2.75) is 12.8 Å². The average Bonchev–Trinajstić information content (AvgIpc) is 2.12. The van der Waals surface area contributed by atoms with E-state index in [1.54, 1.807) is 0 Å². The number of rotatable bonds is 3. The fraction of sp³-hybridized carbons (Fsp3) is 0.286. The molecule has 0 aromatic carbocycles. The Balaban J connectivity index is 3.49. The molecule has 0 aliphatic carbocycles. The van der Waals surface area contributed by atoms with Crippen molar-refractivity contribution in [2.24, 2.45) is 0 Å². The third-order valence-corrected chi connectivity index (χ3v) is 1.65. The van der Waals surface area contributed by atoms with Crippen molar-refractivity contribution in [1.82, 2.24) is 4.98 Å². The molecule has 0 amide bonds. The number of H-pyrrole nitrogens is 1. The minimum atomic E-state index is -5.37. The fourth-order valence-electron chi connectivity index (χ4n) is 1.09. The second-order valence-corrected chi connectivity index (χ2v) is 2.87. The van der Waals surface area contributed by atoms with Gasteiger partial charge in [-0.3, -0.25) is 19.9 Å². The van der Waals surface area contributed by atoms with Crippen LogP contribution in [0.5, 0.6) is 5.88 Å². The summed E-state index contributed by atoms with van der Waals surface area (Å²) in [6.07, 6.45) is -8.86. The first kappa shape index (κ1) is 13.9. The van der Waals surface area contributed by atoms with Crippen molar-refractivity contribution in [3.8, 4) is 5.88 Å². The van der Waals surface area contributed by atoms with Crippen molar-refractivity contribution < 1.29 is 31.6 Å². The summed E-state index contributed by atoms with van der Waals surface area (Å²) in [6, 6.07) is 0.131. The molecule has 100 valence electrons. The van der Waals surface area contributed by atoms with Crippen molar-refractivity contribution >= 4 is 5.69 Å². The summed E-state index contributed by atoms with van der Waals surface area (Å²) >= 11 is 0. The van der Waals surface area contributed by atoms with E-state index in [0.29, 0.717) is 0 Å². The summed E-state index contributed by atoms with van der Waals surface area (Å²) < 4.78 is 63.6. The minimum absolute atomic E-state index is 0.131. The first-order chi connectivity index (χ1) is 8.11. The maximum Gasteiger partial charge on any atom is 0.574 e. The van der Waals surface area contributed by atoms with E-state index >= 15 is 0 Å². The van der Waals surface area contributed by atoms with Gasteiger partial charge in [0.2, 0.25) is 0 Å². The summed E-state index contributed by atoms with van der Waals surface area (Å²) in [4.78, 5) is 21.1. The largest absolute Gasteiger partial charge is 0.574 e. The normalized spacial score (nSPS) is 11.7. The number of halogens is 5. The van der Waals surface area contributed by atoms with Gasteiger partial charge in [-0.05, 0) is 0 Å². The van der Waals surface area contributed by atoms with Crippen LogP contribution in [0.1, 0.15) is 12.0 Å². The zero-order chi connectivity index (χ0) is 14.1. The summed E-state index contributed by atoms with van der Waals surface area (Å²) in [5.41, 5.74) is -4.47. The van der Waals surface area contributed by atoms with Crippen LogP contribution >= 0.6 is 0 Å². The molecule has 1 N–H and O–H groups in total. The van der Waals surface area contributed by atoms with Gasteiger partial charge in [-0.25, -0.2) is 8.78 Å². The molecular weight excluding hydrogens is 271 g/mol. The van der Waals surface area contributed by atoms with Gasteiger partial charge < -0.3 is 4.74 Å². The molecule has 1 aromatic heterocycles. The zero-order valence-electron chi connectivity index (χ0n) is 8.12. The Kier molecular flexibility index (Phi) is 3.53. The molecule has 0 aliphatic rings. The minimum Gasteiger partial charge on any atom is -0.382 e. The Morgan fingerprint density at radius 2 is 1.94 bits per heavy atom. The summed E-state index contributed by atoms with van der Waals surface area (Å²) in [5.74, 6) is -1.68. The van der Waals surface area contributed by atoms with Crippen LogP contribution in [0.25, 0.3) is 0 Å². The number of hydrogen-bond donors (Lipinski definition) is 1. The molecular formula is C7H3F5N2O4. The zero-order valence-corrected chi connectivity index (χ0v) is 8.12. The van der Waals surface area contributed by atoms with Crippen molar-refractivity contribution in [2.75, 3.05) is 0 Å². The maximum atomic E-state index is 12.4. The van der Waals surface area contributed by atoms with Crippen LogP contribution in [0.2, 0.25) is 0 Å². The number of alkyl halides is 5. The highest BCUT2D eigenvalue weighted by Crippen LogP contribution is 2.36. The number of pyridine rings is 1. The van der Waals surface area contributed by atoms with Crippen LogP contribution in [-0.4, -0.2) is 16.3 Å². The van der Waals surface area contributed by atoms with Crippen LogP contribution in [0, 0.1) is 10.1 Å². The van der Waals surface area contributed by atoms with Gasteiger partial charge in [0, 0.05) is 6.07 Å². The Hall–Kier alpha value is -2.20. The number of aromatic amines is 1. The lowest BCUT2D eigenvalue weighted by Crippen LogP contribution is -2.22. The van der Waals surface area contributed by atoms with Crippen molar-refractivity contribution in [3.05, 3.63) is 32.1 Å². The van der Waals surface area contributed by atoms with Gasteiger partial charge in [-0.15, -0.1) is 13.2 Å². The predicted octanol–water partition coefficient (Wildman–Crippen LogP) is 2.12. The molecule has 0 radical (unpaired) electrons. The molecule has 11 heteroatoms. The molecule has 0 fully saturated rings. The van der Waals surface area contributed by atoms with Gasteiger partial charge in [0.1, 0.15) is 5.56 Å². The lowest BCUT2D eigenvalue weighted by Gasteiger charge is -2.10. The van der Waals surface area contributed by atoms with Crippen LogP contribution in [0.3, 0.4) is 0 Å². The number of nitro groups is 1. The molecule has 0 aliphatic heterocycles. The van der Waals surface area contributed by atoms with Crippen molar-refractivity contribution in [3.63, 3.8) is 0 Å². The molecule has 0 bridgehead atoms. The smallest absolute Gasteiger partial charge is 0.382 e. The Morgan fingerprint density at radius 3 is 2.33 bits per heavy atom. The lowest BCUT2D eigenvalue weighted by molar-refractivity contribution is -0.390. The highest BCUT2D eigenvalue weighted by Gasteiger charge is 2.37. The monoisotopic (exact) mass is 274 g/mol. The van der Waals surface area contributed by atoms with E-state index in [1.165, 1.54) is 4.98 Å². The van der Waals surface area contributed by atoms with E-state index in [-0.39, 0.29) is 6.07 Å². The number of hydrogen-bond acceptors (Lipinski definition) is 4. The van der Waals surface area contributed by atoms with E-state index in [1.807, 2.05) is 0 Å². The lowest BCUT2D eigenvalue weighted by atomic mass is 10.2. The molecule has 0 saturated carbocycles. The molecule has 6 nitrogen and oxygen atoms in total. The quantitative estimate of drug-likeness (QED) is 0.519. The van der Waals surface area contributed by atoms with Gasteiger partial charge in [0.15, 0.2) is 0 Å². The maximum absolute atomic E-state index is 12.4. The average molecular weight is 274 g/mol. The van der Waals surface area contributed by atoms with Gasteiger partial charge in [0.25, 0.3) is 17.9 Å². The van der Waals surface area contributed by atoms with Gasteiger partial charge in [-0.1, -0.05) is 0 Å². The molecule has 0 unspecified atom stereocenters. The van der Waals surface area contributed by atoms with E-state index in [2.05, 4.69) is 4.74 Å². The predicted molar refractivity (Wildman–Crippen MR) is 45.4 cm³/mol. The summed E-state index contributed by atoms with van der Waals surface area (Å²) in [5, 5.41) is 10.4. The number of aromatic nitrogens is 1. The van der Waals surface area contributed by atoms with E-state index in [0.717, 1.165) is 0 Å². The van der Waals surface area contributed by atoms with E-state index in [9.17, 15) is 36.9 Å². The first-order valence-electron chi connectivity index (χ1n) is 4.07. The van der Waals surface area contributed by atoms with E-state index < -0.39 is 40.4 Å². The van der Waals surface area contributed by atoms with Gasteiger partial charge in [0.05, 0.1) is 4.92 Å². The Morgan fingerprint density at radius 1 is 1.39 bits per heavy atom. The third kappa shape index (κ3) is 3.15.